The molecule has 1 heterocycles. The van der Waals surface area contributed by atoms with Crippen molar-refractivity contribution in [1.29, 1.82) is 0 Å². The number of amides is 1. The monoisotopic (exact) mass is 330 g/mol. The molecule has 1 N–H and O–H groups in total. The number of fused-ring (bicyclic) bond motifs is 1. The molecule has 3 rings (SSSR count). The Morgan fingerprint density at radius 3 is 2.78 bits per heavy atom. The molecule has 0 fully saturated rings. The minimum absolute atomic E-state index is 0.0956. The Morgan fingerprint density at radius 2 is 2.00 bits per heavy atom. The quantitative estimate of drug-likeness (QED) is 0.775. The number of para-hydroxylation sites is 1. The molecular weight excluding hydrogens is 315 g/mol. The van der Waals surface area contributed by atoms with Gasteiger partial charge in [0.1, 0.15) is 5.82 Å². The second-order valence-corrected chi connectivity index (χ2v) is 5.88. The second kappa shape index (κ2) is 6.42. The lowest BCUT2D eigenvalue weighted by atomic mass is 10.1. The SMILES string of the molecule is Cn1cc(CC(=O)NCc2ccc(F)cc2Cl)c2ccccc21. The summed E-state index contributed by atoms with van der Waals surface area (Å²) in [6.07, 6.45) is 2.26. The lowest BCUT2D eigenvalue weighted by Crippen LogP contribution is -2.24. The summed E-state index contributed by atoms with van der Waals surface area (Å²) < 4.78 is 15.0. The van der Waals surface area contributed by atoms with Crippen molar-refractivity contribution in [1.82, 2.24) is 9.88 Å². The first-order valence-electron chi connectivity index (χ1n) is 7.28. The fourth-order valence-corrected chi connectivity index (χ4v) is 2.89. The van der Waals surface area contributed by atoms with Crippen molar-refractivity contribution in [3.63, 3.8) is 0 Å². The summed E-state index contributed by atoms with van der Waals surface area (Å²) in [5.74, 6) is -0.484. The van der Waals surface area contributed by atoms with Crippen LogP contribution >= 0.6 is 11.6 Å². The molecule has 0 aliphatic carbocycles. The molecule has 0 saturated heterocycles. The van der Waals surface area contributed by atoms with Crippen molar-refractivity contribution >= 4 is 28.4 Å². The van der Waals surface area contributed by atoms with Crippen LogP contribution in [0.4, 0.5) is 4.39 Å². The number of carbonyl (C=O) groups is 1. The molecule has 1 amide bonds. The molecule has 0 radical (unpaired) electrons. The van der Waals surface area contributed by atoms with Gasteiger partial charge < -0.3 is 9.88 Å². The van der Waals surface area contributed by atoms with E-state index >= 15 is 0 Å². The van der Waals surface area contributed by atoms with Gasteiger partial charge in [0.2, 0.25) is 5.91 Å². The molecule has 23 heavy (non-hydrogen) atoms. The van der Waals surface area contributed by atoms with E-state index in [4.69, 9.17) is 11.6 Å². The van der Waals surface area contributed by atoms with Crippen LogP contribution in [0.1, 0.15) is 11.1 Å². The fourth-order valence-electron chi connectivity index (χ4n) is 2.66. The van der Waals surface area contributed by atoms with Crippen LogP contribution in [0, 0.1) is 5.82 Å². The fraction of sp³-hybridized carbons (Fsp3) is 0.167. The molecule has 0 bridgehead atoms. The van der Waals surface area contributed by atoms with E-state index in [-0.39, 0.29) is 18.3 Å². The van der Waals surface area contributed by atoms with Crippen molar-refractivity contribution in [3.8, 4) is 0 Å². The van der Waals surface area contributed by atoms with Crippen molar-refractivity contribution in [2.45, 2.75) is 13.0 Å². The first-order chi connectivity index (χ1) is 11.0. The van der Waals surface area contributed by atoms with Gasteiger partial charge in [0, 0.05) is 35.7 Å². The number of aromatic nitrogens is 1. The summed E-state index contributed by atoms with van der Waals surface area (Å²) in [6, 6.07) is 12.1. The number of aryl methyl sites for hydroxylation is 1. The van der Waals surface area contributed by atoms with Gasteiger partial charge >= 0.3 is 0 Å². The highest BCUT2D eigenvalue weighted by atomic mass is 35.5. The Hall–Kier alpha value is -2.33. The molecule has 118 valence electrons. The van der Waals surface area contributed by atoms with Gasteiger partial charge in [-0.25, -0.2) is 4.39 Å². The van der Waals surface area contributed by atoms with Crippen molar-refractivity contribution in [3.05, 3.63) is 70.6 Å². The molecule has 1 aromatic heterocycles. The van der Waals surface area contributed by atoms with E-state index in [0.29, 0.717) is 17.0 Å². The molecule has 0 aliphatic rings. The first kappa shape index (κ1) is 15.6. The van der Waals surface area contributed by atoms with Crippen LogP contribution in [0.5, 0.6) is 0 Å². The van der Waals surface area contributed by atoms with Gasteiger partial charge in [-0.2, -0.15) is 0 Å². The third kappa shape index (κ3) is 3.37. The predicted molar refractivity (Wildman–Crippen MR) is 89.9 cm³/mol. The zero-order chi connectivity index (χ0) is 16.4. The van der Waals surface area contributed by atoms with Gasteiger partial charge in [-0.05, 0) is 29.3 Å². The molecule has 3 nitrogen and oxygen atoms in total. The Balaban J connectivity index is 1.69. The maximum atomic E-state index is 13.0. The van der Waals surface area contributed by atoms with Crippen LogP contribution < -0.4 is 5.32 Å². The number of nitrogens with one attached hydrogen (secondary N) is 1. The molecule has 0 aliphatic heterocycles. The first-order valence-corrected chi connectivity index (χ1v) is 7.66. The maximum absolute atomic E-state index is 13.0. The maximum Gasteiger partial charge on any atom is 0.224 e. The van der Waals surface area contributed by atoms with Gasteiger partial charge in [0.05, 0.1) is 6.42 Å². The van der Waals surface area contributed by atoms with Gasteiger partial charge in [0.25, 0.3) is 0 Å². The number of nitrogens with zero attached hydrogens (tertiary/aromatic N) is 1. The molecule has 0 saturated carbocycles. The van der Waals surface area contributed by atoms with Crippen molar-refractivity contribution < 1.29 is 9.18 Å². The number of halogens is 2. The third-order valence-electron chi connectivity index (χ3n) is 3.82. The predicted octanol–water partition coefficient (Wildman–Crippen LogP) is 3.83. The van der Waals surface area contributed by atoms with E-state index in [2.05, 4.69) is 5.32 Å². The summed E-state index contributed by atoms with van der Waals surface area (Å²) in [6.45, 7) is 0.280. The van der Waals surface area contributed by atoms with Crippen LogP contribution in [0.15, 0.2) is 48.7 Å². The van der Waals surface area contributed by atoms with Crippen LogP contribution in [-0.4, -0.2) is 10.5 Å². The lowest BCUT2D eigenvalue weighted by molar-refractivity contribution is -0.120. The average Bonchev–Trinajstić information content (AvgIpc) is 2.83. The molecule has 0 spiro atoms. The smallest absolute Gasteiger partial charge is 0.224 e. The van der Waals surface area contributed by atoms with Crippen LogP contribution in [0.3, 0.4) is 0 Å². The van der Waals surface area contributed by atoms with Gasteiger partial charge in [-0.3, -0.25) is 4.79 Å². The van der Waals surface area contributed by atoms with E-state index in [1.165, 1.54) is 12.1 Å². The molecule has 0 atom stereocenters. The minimum atomic E-state index is -0.388. The number of carbonyl (C=O) groups excluding carboxylic acids is 1. The molecule has 2 aromatic carbocycles. The zero-order valence-corrected chi connectivity index (χ0v) is 13.4. The number of hydrogen-bond donors (Lipinski definition) is 1. The van der Waals surface area contributed by atoms with Gasteiger partial charge in [-0.1, -0.05) is 35.9 Å². The highest BCUT2D eigenvalue weighted by molar-refractivity contribution is 6.31. The Kier molecular flexibility index (Phi) is 4.35. The molecule has 0 unspecified atom stereocenters. The van der Waals surface area contributed by atoms with E-state index in [0.717, 1.165) is 16.5 Å². The Morgan fingerprint density at radius 1 is 1.22 bits per heavy atom. The molecule has 3 aromatic rings. The highest BCUT2D eigenvalue weighted by Gasteiger charge is 2.11. The number of benzene rings is 2. The van der Waals surface area contributed by atoms with Crippen LogP contribution in [0.2, 0.25) is 5.02 Å². The summed E-state index contributed by atoms with van der Waals surface area (Å²) in [7, 11) is 1.96. The average molecular weight is 331 g/mol. The normalized spacial score (nSPS) is 10.9. The minimum Gasteiger partial charge on any atom is -0.352 e. The van der Waals surface area contributed by atoms with E-state index in [1.54, 1.807) is 6.07 Å². The van der Waals surface area contributed by atoms with Crippen molar-refractivity contribution in [2.75, 3.05) is 0 Å². The zero-order valence-electron chi connectivity index (χ0n) is 12.6. The topological polar surface area (TPSA) is 34.0 Å². The highest BCUT2D eigenvalue weighted by Crippen LogP contribution is 2.21. The third-order valence-corrected chi connectivity index (χ3v) is 4.17. The van der Waals surface area contributed by atoms with E-state index < -0.39 is 0 Å². The summed E-state index contributed by atoms with van der Waals surface area (Å²) >= 11 is 5.96. The number of rotatable bonds is 4. The molecular formula is C18H16ClFN2O. The standard InChI is InChI=1S/C18H16ClFN2O/c1-22-11-13(15-4-2-3-5-17(15)22)8-18(23)21-10-12-6-7-14(20)9-16(12)19/h2-7,9,11H,8,10H2,1H3,(H,21,23). The summed E-state index contributed by atoms with van der Waals surface area (Å²) in [5.41, 5.74) is 2.77. The van der Waals surface area contributed by atoms with Gasteiger partial charge in [0.15, 0.2) is 0 Å². The van der Waals surface area contributed by atoms with E-state index in [9.17, 15) is 9.18 Å². The lowest BCUT2D eigenvalue weighted by Gasteiger charge is -2.07. The Labute approximate surface area is 138 Å². The summed E-state index contributed by atoms with van der Waals surface area (Å²) in [5, 5.41) is 4.22. The number of hydrogen-bond acceptors (Lipinski definition) is 1. The van der Waals surface area contributed by atoms with E-state index in [1.807, 2.05) is 42.1 Å². The summed E-state index contributed by atoms with van der Waals surface area (Å²) in [4.78, 5) is 12.2. The van der Waals surface area contributed by atoms with Crippen LogP contribution in [-0.2, 0) is 24.8 Å². The van der Waals surface area contributed by atoms with Crippen LogP contribution in [0.25, 0.3) is 10.9 Å². The second-order valence-electron chi connectivity index (χ2n) is 5.47. The Bertz CT molecular complexity index is 873. The van der Waals surface area contributed by atoms with Crippen molar-refractivity contribution in [2.24, 2.45) is 7.05 Å². The van der Waals surface area contributed by atoms with Gasteiger partial charge in [-0.15, -0.1) is 0 Å². The largest absolute Gasteiger partial charge is 0.352 e. The molecule has 5 heteroatoms.